The zero-order valence-electron chi connectivity index (χ0n) is 13.0. The van der Waals surface area contributed by atoms with Gasteiger partial charge in [-0.25, -0.2) is 9.97 Å². The Morgan fingerprint density at radius 3 is 2.00 bits per heavy atom. The van der Waals surface area contributed by atoms with Crippen LogP contribution in [0, 0.1) is 0 Å². The molecule has 2 heterocycles. The number of rotatable bonds is 1. The van der Waals surface area contributed by atoms with Crippen molar-refractivity contribution in [2.24, 2.45) is 0 Å². The fraction of sp³-hybridized carbons (Fsp3) is 0. The van der Waals surface area contributed by atoms with Crippen molar-refractivity contribution in [3.63, 3.8) is 0 Å². The number of fused-ring (bicyclic) bond motifs is 4. The van der Waals surface area contributed by atoms with Gasteiger partial charge < -0.3 is 0 Å². The molecule has 0 fully saturated rings. The molecule has 0 saturated carbocycles. The van der Waals surface area contributed by atoms with Crippen molar-refractivity contribution in [1.29, 1.82) is 0 Å². The Labute approximate surface area is 139 Å². The molecule has 0 radical (unpaired) electrons. The smallest absolute Gasteiger partial charge is 0.0894 e. The molecule has 0 saturated heterocycles. The first-order chi connectivity index (χ1) is 11.9. The van der Waals surface area contributed by atoms with Gasteiger partial charge in [0.15, 0.2) is 0 Å². The summed E-state index contributed by atoms with van der Waals surface area (Å²) in [6, 6.07) is 29.1. The van der Waals surface area contributed by atoms with Crippen LogP contribution in [0.2, 0.25) is 0 Å². The quantitative estimate of drug-likeness (QED) is 0.376. The highest BCUT2D eigenvalue weighted by Crippen LogP contribution is 2.27. The highest BCUT2D eigenvalue weighted by atomic mass is 14.8. The van der Waals surface area contributed by atoms with Crippen molar-refractivity contribution in [2.75, 3.05) is 0 Å². The molecule has 3 aromatic carbocycles. The van der Waals surface area contributed by atoms with E-state index in [1.165, 1.54) is 16.2 Å². The van der Waals surface area contributed by atoms with E-state index in [1.54, 1.807) is 0 Å². The Morgan fingerprint density at radius 1 is 0.417 bits per heavy atom. The van der Waals surface area contributed by atoms with E-state index in [0.29, 0.717) is 0 Å². The maximum Gasteiger partial charge on any atom is 0.0894 e. The molecule has 0 aliphatic carbocycles. The molecule has 0 bridgehead atoms. The van der Waals surface area contributed by atoms with Crippen LogP contribution in [-0.4, -0.2) is 9.97 Å². The van der Waals surface area contributed by atoms with E-state index >= 15 is 0 Å². The molecule has 0 amide bonds. The first kappa shape index (κ1) is 13.2. The summed E-state index contributed by atoms with van der Waals surface area (Å²) in [5.74, 6) is 0. The third kappa shape index (κ3) is 2.04. The standard InChI is InChI=1S/C22H14N2/c1-3-7-17-15(5-1)9-12-20-18(17)11-14-22(24-20)21-13-10-16-6-2-4-8-19(16)23-21/h1-14H. The normalized spacial score (nSPS) is 11.3. The second kappa shape index (κ2) is 5.14. The van der Waals surface area contributed by atoms with E-state index < -0.39 is 0 Å². The number of benzene rings is 3. The summed E-state index contributed by atoms with van der Waals surface area (Å²) >= 11 is 0. The largest absolute Gasteiger partial charge is 0.246 e. The Hall–Kier alpha value is -3.26. The molecule has 0 spiro atoms. The Balaban J connectivity index is 1.72. The van der Waals surface area contributed by atoms with E-state index in [9.17, 15) is 0 Å². The lowest BCUT2D eigenvalue weighted by Crippen LogP contribution is -1.90. The van der Waals surface area contributed by atoms with Gasteiger partial charge >= 0.3 is 0 Å². The molecule has 0 unspecified atom stereocenters. The second-order valence-corrected chi connectivity index (χ2v) is 5.94. The average molecular weight is 306 g/mol. The van der Waals surface area contributed by atoms with E-state index in [2.05, 4.69) is 60.7 Å². The highest BCUT2D eigenvalue weighted by molar-refractivity contribution is 6.06. The molecular weight excluding hydrogens is 292 g/mol. The van der Waals surface area contributed by atoms with Crippen LogP contribution >= 0.6 is 0 Å². The molecule has 5 rings (SSSR count). The summed E-state index contributed by atoms with van der Waals surface area (Å²) in [5.41, 5.74) is 3.81. The first-order valence-electron chi connectivity index (χ1n) is 8.03. The predicted molar refractivity (Wildman–Crippen MR) is 100.0 cm³/mol. The Kier molecular flexibility index (Phi) is 2.83. The summed E-state index contributed by atoms with van der Waals surface area (Å²) in [6.45, 7) is 0. The van der Waals surface area contributed by atoms with Gasteiger partial charge in [0.05, 0.1) is 22.4 Å². The molecule has 112 valence electrons. The third-order valence-corrected chi connectivity index (χ3v) is 4.46. The minimum Gasteiger partial charge on any atom is -0.246 e. The van der Waals surface area contributed by atoms with Gasteiger partial charge in [0.2, 0.25) is 0 Å². The zero-order valence-corrected chi connectivity index (χ0v) is 13.0. The SMILES string of the molecule is c1ccc2nc(-c3ccc4c(ccc5ccccc54)n3)ccc2c1. The predicted octanol–water partition coefficient (Wildman–Crippen LogP) is 5.60. The van der Waals surface area contributed by atoms with E-state index in [-0.39, 0.29) is 0 Å². The highest BCUT2D eigenvalue weighted by Gasteiger charge is 2.06. The van der Waals surface area contributed by atoms with Crippen molar-refractivity contribution >= 4 is 32.6 Å². The lowest BCUT2D eigenvalue weighted by atomic mass is 10.0. The lowest BCUT2D eigenvalue weighted by Gasteiger charge is -2.06. The van der Waals surface area contributed by atoms with Crippen molar-refractivity contribution in [2.45, 2.75) is 0 Å². The van der Waals surface area contributed by atoms with Gasteiger partial charge in [0.1, 0.15) is 0 Å². The topological polar surface area (TPSA) is 25.8 Å². The van der Waals surface area contributed by atoms with E-state index in [0.717, 1.165) is 27.8 Å². The van der Waals surface area contributed by atoms with Crippen molar-refractivity contribution in [1.82, 2.24) is 9.97 Å². The number of pyridine rings is 2. The summed E-state index contributed by atoms with van der Waals surface area (Å²) in [4.78, 5) is 9.59. The van der Waals surface area contributed by atoms with Crippen LogP contribution in [0.1, 0.15) is 0 Å². The second-order valence-electron chi connectivity index (χ2n) is 5.94. The Bertz CT molecular complexity index is 1210. The van der Waals surface area contributed by atoms with Crippen molar-refractivity contribution in [3.8, 4) is 11.4 Å². The molecule has 2 aromatic heterocycles. The minimum absolute atomic E-state index is 0.906. The number of hydrogen-bond donors (Lipinski definition) is 0. The van der Waals surface area contributed by atoms with Gasteiger partial charge in [0, 0.05) is 10.8 Å². The summed E-state index contributed by atoms with van der Waals surface area (Å²) in [5, 5.41) is 4.80. The molecular formula is C22H14N2. The Morgan fingerprint density at radius 2 is 1.08 bits per heavy atom. The number of aromatic nitrogens is 2. The van der Waals surface area contributed by atoms with Crippen LogP contribution < -0.4 is 0 Å². The average Bonchev–Trinajstić information content (AvgIpc) is 2.67. The van der Waals surface area contributed by atoms with Crippen LogP contribution in [-0.2, 0) is 0 Å². The lowest BCUT2D eigenvalue weighted by molar-refractivity contribution is 1.32. The minimum atomic E-state index is 0.906. The number of hydrogen-bond acceptors (Lipinski definition) is 2. The van der Waals surface area contributed by atoms with Crippen LogP contribution in [0.4, 0.5) is 0 Å². The maximum absolute atomic E-state index is 4.84. The van der Waals surface area contributed by atoms with Gasteiger partial charge in [0.25, 0.3) is 0 Å². The molecule has 5 aromatic rings. The molecule has 24 heavy (non-hydrogen) atoms. The van der Waals surface area contributed by atoms with Crippen LogP contribution in [0.3, 0.4) is 0 Å². The first-order valence-corrected chi connectivity index (χ1v) is 8.03. The molecule has 0 aliphatic rings. The monoisotopic (exact) mass is 306 g/mol. The van der Waals surface area contributed by atoms with E-state index in [4.69, 9.17) is 9.97 Å². The molecule has 0 aliphatic heterocycles. The van der Waals surface area contributed by atoms with Gasteiger partial charge in [-0.05, 0) is 41.1 Å². The van der Waals surface area contributed by atoms with Crippen LogP contribution in [0.15, 0.2) is 84.9 Å². The van der Waals surface area contributed by atoms with Crippen LogP contribution in [0.25, 0.3) is 44.0 Å². The zero-order chi connectivity index (χ0) is 15.9. The van der Waals surface area contributed by atoms with E-state index in [1.807, 2.05) is 24.3 Å². The summed E-state index contributed by atoms with van der Waals surface area (Å²) in [6.07, 6.45) is 0. The fourth-order valence-electron chi connectivity index (χ4n) is 3.24. The molecule has 2 heteroatoms. The number of nitrogens with zero attached hydrogens (tertiary/aromatic N) is 2. The third-order valence-electron chi connectivity index (χ3n) is 4.46. The van der Waals surface area contributed by atoms with Gasteiger partial charge in [-0.15, -0.1) is 0 Å². The fourth-order valence-corrected chi connectivity index (χ4v) is 3.24. The van der Waals surface area contributed by atoms with Gasteiger partial charge in [-0.1, -0.05) is 54.6 Å². The molecule has 2 nitrogen and oxygen atoms in total. The van der Waals surface area contributed by atoms with Crippen LogP contribution in [0.5, 0.6) is 0 Å². The molecule has 0 N–H and O–H groups in total. The summed E-state index contributed by atoms with van der Waals surface area (Å²) in [7, 11) is 0. The number of para-hydroxylation sites is 1. The summed E-state index contributed by atoms with van der Waals surface area (Å²) < 4.78 is 0. The van der Waals surface area contributed by atoms with Crippen molar-refractivity contribution in [3.05, 3.63) is 84.9 Å². The van der Waals surface area contributed by atoms with Gasteiger partial charge in [-0.3, -0.25) is 0 Å². The molecule has 0 atom stereocenters. The van der Waals surface area contributed by atoms with Gasteiger partial charge in [-0.2, -0.15) is 0 Å². The maximum atomic E-state index is 4.84. The van der Waals surface area contributed by atoms with Crippen molar-refractivity contribution < 1.29 is 0 Å².